The Hall–Kier alpha value is -1.44. The van der Waals surface area contributed by atoms with Crippen LogP contribution in [0.1, 0.15) is 96.8 Å². The molecule has 0 heterocycles. The summed E-state index contributed by atoms with van der Waals surface area (Å²) in [7, 11) is -20.4. The largest absolute Gasteiger partial charge is 0.496 e. The molecule has 2 fully saturated rings. The van der Waals surface area contributed by atoms with Crippen LogP contribution in [-0.4, -0.2) is 67.1 Å². The van der Waals surface area contributed by atoms with Crippen molar-refractivity contribution in [2.45, 2.75) is 112 Å². The van der Waals surface area contributed by atoms with E-state index in [1.165, 1.54) is 0 Å². The predicted octanol–water partition coefficient (Wildman–Crippen LogP) is 2.39. The fraction of sp³-hybridized carbons (Fsp3) is 0.900. The van der Waals surface area contributed by atoms with Crippen molar-refractivity contribution in [2.75, 3.05) is 0 Å². The lowest BCUT2D eigenvalue weighted by atomic mass is 10.0. The molecule has 206 valence electrons. The summed E-state index contributed by atoms with van der Waals surface area (Å²) in [6, 6.07) is 0. The van der Waals surface area contributed by atoms with E-state index in [0.29, 0.717) is 38.5 Å². The van der Waals surface area contributed by atoms with E-state index in [9.17, 15) is 44.7 Å². The van der Waals surface area contributed by atoms with Gasteiger partial charge in [0.05, 0.1) is 10.5 Å². The third kappa shape index (κ3) is 6.33. The first-order valence-electron chi connectivity index (χ1n) is 12.2. The maximum atomic E-state index is 13.5. The summed E-state index contributed by atoms with van der Waals surface area (Å²) >= 11 is 0. The minimum absolute atomic E-state index is 0.00992. The lowest BCUT2D eigenvalue weighted by Crippen LogP contribution is -2.47. The lowest BCUT2D eigenvalue weighted by molar-refractivity contribution is 0.00366. The fourth-order valence-electron chi connectivity index (χ4n) is 4.85. The van der Waals surface area contributed by atoms with Crippen LogP contribution >= 0.6 is 0 Å². The molecule has 0 N–H and O–H groups in total. The second-order valence-corrected chi connectivity index (χ2v) is 18.6. The summed E-state index contributed by atoms with van der Waals surface area (Å²) < 4.78 is 101. The second-order valence-electron chi connectivity index (χ2n) is 9.36. The summed E-state index contributed by atoms with van der Waals surface area (Å²) in [5, 5.41) is -2.36. The van der Waals surface area contributed by atoms with E-state index in [1.807, 2.05) is 0 Å². The highest BCUT2D eigenvalue weighted by molar-refractivity contribution is 8.40. The lowest BCUT2D eigenvalue weighted by Gasteiger charge is -2.21. The summed E-state index contributed by atoms with van der Waals surface area (Å²) in [5.41, 5.74) is 19.0. The van der Waals surface area contributed by atoms with E-state index < -0.39 is 69.6 Å². The van der Waals surface area contributed by atoms with Gasteiger partial charge < -0.3 is 11.1 Å². The van der Waals surface area contributed by atoms with Crippen molar-refractivity contribution < 1.29 is 43.3 Å². The topological polar surface area (TPSA) is 209 Å². The molecule has 16 heteroatoms. The van der Waals surface area contributed by atoms with Crippen LogP contribution in [0.2, 0.25) is 0 Å². The van der Waals surface area contributed by atoms with Gasteiger partial charge in [-0.15, -0.1) is 9.58 Å². The Bertz CT molecular complexity index is 1230. The molecule has 0 amide bonds. The van der Waals surface area contributed by atoms with E-state index in [-0.39, 0.29) is 32.1 Å². The molecule has 12 nitrogen and oxygen atoms in total. The van der Waals surface area contributed by atoms with Gasteiger partial charge in [0.25, 0.3) is 39.3 Å². The molecular weight excluding hydrogens is 553 g/mol. The molecule has 0 bridgehead atoms. The van der Waals surface area contributed by atoms with Crippen molar-refractivity contribution >= 4 is 48.1 Å². The Morgan fingerprint density at radius 3 is 1.33 bits per heavy atom. The van der Waals surface area contributed by atoms with Gasteiger partial charge in [0.2, 0.25) is 0 Å². The van der Waals surface area contributed by atoms with Crippen LogP contribution in [0.5, 0.6) is 0 Å². The molecule has 0 aromatic heterocycles. The molecule has 2 rings (SSSR count). The van der Waals surface area contributed by atoms with E-state index in [4.69, 9.17) is 0 Å². The van der Waals surface area contributed by atoms with Crippen molar-refractivity contribution in [2.24, 2.45) is 0 Å². The number of hydrogen-bond acceptors (Lipinski definition) is 8. The van der Waals surface area contributed by atoms with Crippen LogP contribution in [0.4, 0.5) is 0 Å². The molecule has 0 spiro atoms. The summed E-state index contributed by atoms with van der Waals surface area (Å²) in [5.74, 6) is 0. The zero-order valence-corrected chi connectivity index (χ0v) is 23.6. The van der Waals surface area contributed by atoms with Gasteiger partial charge in [-0.2, -0.15) is 0 Å². The molecule has 0 aliphatic heterocycles. The summed E-state index contributed by atoms with van der Waals surface area (Å²) in [4.78, 5) is 5.06. The molecule has 36 heavy (non-hydrogen) atoms. The third-order valence-electron chi connectivity index (χ3n) is 6.85. The predicted molar refractivity (Wildman–Crippen MR) is 135 cm³/mol. The minimum atomic E-state index is -5.44. The van der Waals surface area contributed by atoms with E-state index in [2.05, 4.69) is 9.58 Å². The Balaban J connectivity index is 2.63. The van der Waals surface area contributed by atoms with Gasteiger partial charge >= 0.3 is 8.75 Å². The first-order valence-corrected chi connectivity index (χ1v) is 18.4. The minimum Gasteiger partial charge on any atom is -0.359 e. The van der Waals surface area contributed by atoms with Gasteiger partial charge in [-0.25, -0.2) is 33.7 Å². The van der Waals surface area contributed by atoms with Gasteiger partial charge in [-0.05, 0) is 32.1 Å². The second kappa shape index (κ2) is 12.4. The van der Waals surface area contributed by atoms with Gasteiger partial charge in [0, 0.05) is 0 Å². The summed E-state index contributed by atoms with van der Waals surface area (Å²) in [6.07, 6.45) is 4.19. The quantitative estimate of drug-likeness (QED) is 0.135. The molecule has 0 unspecified atom stereocenters. The smallest absolute Gasteiger partial charge is 0.359 e. The molecule has 0 saturated heterocycles. The number of hydrogen-bond donors (Lipinski definition) is 0. The van der Waals surface area contributed by atoms with Gasteiger partial charge in [0.1, 0.15) is 0 Å². The van der Waals surface area contributed by atoms with Gasteiger partial charge in [0.15, 0.2) is 4.58 Å². The maximum Gasteiger partial charge on any atom is 0.496 e. The average Bonchev–Trinajstić information content (AvgIpc) is 2.82. The summed E-state index contributed by atoms with van der Waals surface area (Å²) in [6.45, 7) is 1.76. The van der Waals surface area contributed by atoms with Crippen LogP contribution in [0.25, 0.3) is 11.1 Å². The van der Waals surface area contributed by atoms with E-state index >= 15 is 0 Å². The third-order valence-corrected chi connectivity index (χ3v) is 18.0. The highest BCUT2D eigenvalue weighted by Crippen LogP contribution is 2.31. The molecule has 2 saturated carbocycles. The maximum absolute atomic E-state index is 13.5. The van der Waals surface area contributed by atoms with E-state index in [1.54, 1.807) is 6.92 Å². The van der Waals surface area contributed by atoms with Crippen molar-refractivity contribution in [3.05, 3.63) is 11.1 Å². The van der Waals surface area contributed by atoms with Crippen LogP contribution in [0.15, 0.2) is 0 Å². The Kier molecular flexibility index (Phi) is 10.6. The monoisotopic (exact) mass is 586 g/mol. The Morgan fingerprint density at radius 2 is 1.03 bits per heavy atom. The van der Waals surface area contributed by atoms with Crippen molar-refractivity contribution in [1.82, 2.24) is 0 Å². The highest BCUT2D eigenvalue weighted by Gasteiger charge is 2.59. The molecule has 0 aromatic carbocycles. The molecule has 2 aliphatic rings. The zero-order valence-electron chi connectivity index (χ0n) is 20.3. The molecule has 0 aromatic rings. The number of unbranched alkanes of at least 4 members (excludes halogenated alkanes) is 2. The van der Waals surface area contributed by atoms with Crippen molar-refractivity contribution in [1.29, 1.82) is 0 Å². The van der Waals surface area contributed by atoms with Crippen LogP contribution < -0.4 is 0 Å². The van der Waals surface area contributed by atoms with E-state index in [0.717, 1.165) is 12.8 Å². The van der Waals surface area contributed by atoms with Crippen molar-refractivity contribution in [3.63, 3.8) is 0 Å². The highest BCUT2D eigenvalue weighted by atomic mass is 32.3. The molecule has 2 aliphatic carbocycles. The van der Waals surface area contributed by atoms with Crippen LogP contribution in [-0.2, 0) is 39.3 Å². The van der Waals surface area contributed by atoms with Gasteiger partial charge in [-0.3, -0.25) is 0 Å². The first kappa shape index (κ1) is 30.8. The molecule has 0 radical (unpaired) electrons. The van der Waals surface area contributed by atoms with Crippen LogP contribution in [0.3, 0.4) is 0 Å². The number of sulfone groups is 4. The normalized spacial score (nSPS) is 19.7. The fourth-order valence-corrected chi connectivity index (χ4v) is 15.5. The first-order chi connectivity index (χ1) is 16.8. The van der Waals surface area contributed by atoms with Crippen molar-refractivity contribution in [3.8, 4) is 0 Å². The standard InChI is InChI=1S/C20H34N4O8S4/c1-2-3-6-15-18(35(29,30)19(23-21)33(25,26)16-11-7-4-8-12-16)36(31,32)20(24-22)34(27,28)17-13-9-5-10-14-17/h16-18H,2-15H2,1H3. The zero-order chi connectivity index (χ0) is 27.2. The average molecular weight is 587 g/mol. The van der Waals surface area contributed by atoms with Gasteiger partial charge in [-0.1, -0.05) is 64.7 Å². The van der Waals surface area contributed by atoms with Crippen LogP contribution in [0, 0.1) is 0 Å². The molecule has 0 atom stereocenters. The Labute approximate surface area is 213 Å². The SMILES string of the molecule is CCCCCC(S(=O)(=O)C(=[N+]=[N-])S(=O)(=O)C1CCCCC1)S(=O)(=O)C(=[N+]=[N-])S(=O)(=O)C1CCCCC1. The molecular formula is C20H34N4O8S4. The number of rotatable bonds is 8. The number of nitrogens with zero attached hydrogens (tertiary/aromatic N) is 4. The Morgan fingerprint density at radius 1 is 0.667 bits per heavy atom.